The number of anilines is 1. The molecule has 7 heteroatoms. The lowest BCUT2D eigenvalue weighted by Crippen LogP contribution is -2.02. The van der Waals surface area contributed by atoms with Crippen molar-refractivity contribution in [3.63, 3.8) is 0 Å². The smallest absolute Gasteiger partial charge is 0.161 e. The first-order chi connectivity index (χ1) is 13.5. The zero-order chi connectivity index (χ0) is 20.1. The molecule has 0 atom stereocenters. The van der Waals surface area contributed by atoms with Crippen LogP contribution in [0.2, 0.25) is 15.1 Å². The van der Waals surface area contributed by atoms with E-state index in [1.807, 2.05) is 24.3 Å². The molecule has 3 aromatic rings. The number of hydrogen-bond acceptors (Lipinski definition) is 3. The molecule has 3 rings (SSSR count). The van der Waals surface area contributed by atoms with Gasteiger partial charge in [0.25, 0.3) is 0 Å². The standard InChI is InChI=1S/C21H17Cl3FNO2/c1-27-21-8-13(11-26-19-6-4-15(22)9-18(19)24)2-7-20(21)28-12-14-3-5-16(25)10-17(14)23/h2-10,26H,11-12H2,1H3. The van der Waals surface area contributed by atoms with Gasteiger partial charge in [-0.3, -0.25) is 0 Å². The van der Waals surface area contributed by atoms with Crippen LogP contribution in [0.5, 0.6) is 11.5 Å². The number of halogens is 4. The fourth-order valence-corrected chi connectivity index (χ4v) is 3.26. The van der Waals surface area contributed by atoms with E-state index in [9.17, 15) is 4.39 Å². The molecule has 0 saturated carbocycles. The van der Waals surface area contributed by atoms with Crippen molar-refractivity contribution in [3.05, 3.63) is 86.6 Å². The van der Waals surface area contributed by atoms with E-state index < -0.39 is 0 Å². The van der Waals surface area contributed by atoms with Gasteiger partial charge in [-0.1, -0.05) is 46.9 Å². The summed E-state index contributed by atoms with van der Waals surface area (Å²) in [5.74, 6) is 0.764. The Balaban J connectivity index is 1.67. The lowest BCUT2D eigenvalue weighted by atomic mass is 10.2. The molecular formula is C21H17Cl3FNO2. The first-order valence-electron chi connectivity index (χ1n) is 8.39. The number of nitrogens with one attached hydrogen (secondary N) is 1. The van der Waals surface area contributed by atoms with E-state index in [0.29, 0.717) is 38.7 Å². The van der Waals surface area contributed by atoms with Gasteiger partial charge in [0.15, 0.2) is 11.5 Å². The zero-order valence-corrected chi connectivity index (χ0v) is 17.2. The molecule has 0 saturated heterocycles. The predicted octanol–water partition coefficient (Wildman–Crippen LogP) is 6.99. The number of ether oxygens (including phenoxy) is 2. The third-order valence-corrected chi connectivity index (χ3v) is 4.94. The second kappa shape index (κ2) is 9.37. The van der Waals surface area contributed by atoms with Crippen molar-refractivity contribution in [1.29, 1.82) is 0 Å². The first kappa shape index (κ1) is 20.6. The lowest BCUT2D eigenvalue weighted by molar-refractivity contribution is 0.284. The SMILES string of the molecule is COc1cc(CNc2ccc(Cl)cc2Cl)ccc1OCc1ccc(F)cc1Cl. The summed E-state index contributed by atoms with van der Waals surface area (Å²) >= 11 is 18.1. The summed E-state index contributed by atoms with van der Waals surface area (Å²) in [6, 6.07) is 15.1. The average Bonchev–Trinajstić information content (AvgIpc) is 2.67. The van der Waals surface area contributed by atoms with Gasteiger partial charge in [0.1, 0.15) is 12.4 Å². The Morgan fingerprint density at radius 3 is 2.43 bits per heavy atom. The second-order valence-electron chi connectivity index (χ2n) is 5.99. The van der Waals surface area contributed by atoms with Crippen LogP contribution in [0, 0.1) is 5.82 Å². The van der Waals surface area contributed by atoms with Gasteiger partial charge in [0.2, 0.25) is 0 Å². The van der Waals surface area contributed by atoms with Crippen molar-refractivity contribution in [2.24, 2.45) is 0 Å². The van der Waals surface area contributed by atoms with Crippen LogP contribution in [0.1, 0.15) is 11.1 Å². The maximum atomic E-state index is 13.1. The Morgan fingerprint density at radius 1 is 0.893 bits per heavy atom. The third-order valence-electron chi connectivity index (χ3n) is 4.04. The number of rotatable bonds is 7. The topological polar surface area (TPSA) is 30.5 Å². The largest absolute Gasteiger partial charge is 0.493 e. The van der Waals surface area contributed by atoms with Crippen LogP contribution in [0.15, 0.2) is 54.6 Å². The molecule has 0 aliphatic rings. The molecule has 0 unspecified atom stereocenters. The highest BCUT2D eigenvalue weighted by Gasteiger charge is 2.09. The molecular weight excluding hydrogens is 424 g/mol. The molecule has 0 aliphatic heterocycles. The van der Waals surface area contributed by atoms with Gasteiger partial charge in [-0.25, -0.2) is 4.39 Å². The molecule has 0 aromatic heterocycles. The van der Waals surface area contributed by atoms with E-state index in [-0.39, 0.29) is 12.4 Å². The molecule has 0 spiro atoms. The quantitative estimate of drug-likeness (QED) is 0.429. The van der Waals surface area contributed by atoms with Gasteiger partial charge >= 0.3 is 0 Å². The molecule has 0 amide bonds. The Hall–Kier alpha value is -2.14. The highest BCUT2D eigenvalue weighted by atomic mass is 35.5. The second-order valence-corrected chi connectivity index (χ2v) is 7.24. The van der Waals surface area contributed by atoms with Crippen molar-refractivity contribution < 1.29 is 13.9 Å². The molecule has 146 valence electrons. The maximum Gasteiger partial charge on any atom is 0.161 e. The third kappa shape index (κ3) is 5.22. The Bertz CT molecular complexity index is 982. The highest BCUT2D eigenvalue weighted by molar-refractivity contribution is 6.36. The van der Waals surface area contributed by atoms with Crippen LogP contribution in [0.25, 0.3) is 0 Å². The number of hydrogen-bond donors (Lipinski definition) is 1. The van der Waals surface area contributed by atoms with E-state index in [4.69, 9.17) is 44.3 Å². The van der Waals surface area contributed by atoms with Gasteiger partial charge in [0.05, 0.1) is 22.8 Å². The van der Waals surface area contributed by atoms with Crippen molar-refractivity contribution in [3.8, 4) is 11.5 Å². The van der Waals surface area contributed by atoms with E-state index >= 15 is 0 Å². The molecule has 3 aromatic carbocycles. The minimum absolute atomic E-state index is 0.202. The van der Waals surface area contributed by atoms with Gasteiger partial charge in [-0.2, -0.15) is 0 Å². The van der Waals surface area contributed by atoms with E-state index in [1.165, 1.54) is 12.1 Å². The minimum atomic E-state index is -0.385. The molecule has 0 heterocycles. The number of benzene rings is 3. The fourth-order valence-electron chi connectivity index (χ4n) is 2.57. The Kier molecular flexibility index (Phi) is 6.89. The lowest BCUT2D eigenvalue weighted by Gasteiger charge is -2.14. The van der Waals surface area contributed by atoms with Crippen LogP contribution in [0.3, 0.4) is 0 Å². The van der Waals surface area contributed by atoms with Crippen molar-refractivity contribution >= 4 is 40.5 Å². The van der Waals surface area contributed by atoms with Gasteiger partial charge in [-0.05, 0) is 48.0 Å². The Morgan fingerprint density at radius 2 is 1.71 bits per heavy atom. The molecule has 3 nitrogen and oxygen atoms in total. The van der Waals surface area contributed by atoms with E-state index in [2.05, 4.69) is 5.32 Å². The average molecular weight is 441 g/mol. The number of methoxy groups -OCH3 is 1. The van der Waals surface area contributed by atoms with Gasteiger partial charge in [-0.15, -0.1) is 0 Å². The fraction of sp³-hybridized carbons (Fsp3) is 0.143. The molecule has 0 bridgehead atoms. The normalized spacial score (nSPS) is 10.6. The first-order valence-corrected chi connectivity index (χ1v) is 9.52. The molecule has 1 N–H and O–H groups in total. The molecule has 28 heavy (non-hydrogen) atoms. The summed E-state index contributed by atoms with van der Waals surface area (Å²) in [5, 5.41) is 4.71. The minimum Gasteiger partial charge on any atom is -0.493 e. The molecule has 0 aliphatic carbocycles. The predicted molar refractivity (Wildman–Crippen MR) is 113 cm³/mol. The summed E-state index contributed by atoms with van der Waals surface area (Å²) in [6.45, 7) is 0.745. The summed E-state index contributed by atoms with van der Waals surface area (Å²) in [6.07, 6.45) is 0. The summed E-state index contributed by atoms with van der Waals surface area (Å²) in [4.78, 5) is 0. The van der Waals surface area contributed by atoms with Crippen LogP contribution >= 0.6 is 34.8 Å². The molecule has 0 fully saturated rings. The highest BCUT2D eigenvalue weighted by Crippen LogP contribution is 2.31. The maximum absolute atomic E-state index is 13.1. The summed E-state index contributed by atoms with van der Waals surface area (Å²) < 4.78 is 24.4. The van der Waals surface area contributed by atoms with Crippen molar-refractivity contribution in [2.45, 2.75) is 13.2 Å². The summed E-state index contributed by atoms with van der Waals surface area (Å²) in [5.41, 5.74) is 2.46. The van der Waals surface area contributed by atoms with E-state index in [1.54, 1.807) is 25.3 Å². The van der Waals surface area contributed by atoms with E-state index in [0.717, 1.165) is 11.3 Å². The van der Waals surface area contributed by atoms with Crippen molar-refractivity contribution in [1.82, 2.24) is 0 Å². The van der Waals surface area contributed by atoms with Gasteiger partial charge in [0, 0.05) is 17.1 Å². The zero-order valence-electron chi connectivity index (χ0n) is 14.9. The Labute approximate surface area is 177 Å². The van der Waals surface area contributed by atoms with Crippen LogP contribution < -0.4 is 14.8 Å². The van der Waals surface area contributed by atoms with Crippen molar-refractivity contribution in [2.75, 3.05) is 12.4 Å². The van der Waals surface area contributed by atoms with Gasteiger partial charge < -0.3 is 14.8 Å². The van der Waals surface area contributed by atoms with Crippen LogP contribution in [0.4, 0.5) is 10.1 Å². The monoisotopic (exact) mass is 439 g/mol. The van der Waals surface area contributed by atoms with Crippen LogP contribution in [-0.4, -0.2) is 7.11 Å². The van der Waals surface area contributed by atoms with Crippen LogP contribution in [-0.2, 0) is 13.2 Å². The molecule has 0 radical (unpaired) electrons. The summed E-state index contributed by atoms with van der Waals surface area (Å²) in [7, 11) is 1.57.